The summed E-state index contributed by atoms with van der Waals surface area (Å²) in [4.78, 5) is 0. The van der Waals surface area contributed by atoms with E-state index in [4.69, 9.17) is 5.73 Å². The van der Waals surface area contributed by atoms with E-state index in [1.165, 1.54) is 0 Å². The van der Waals surface area contributed by atoms with Crippen molar-refractivity contribution in [3.63, 3.8) is 0 Å². The van der Waals surface area contributed by atoms with Gasteiger partial charge >= 0.3 is 0 Å². The van der Waals surface area contributed by atoms with E-state index in [1.807, 2.05) is 24.3 Å². The molecule has 1 saturated heterocycles. The van der Waals surface area contributed by atoms with E-state index in [0.717, 1.165) is 16.5 Å². The Hall–Kier alpha value is -0.390. The summed E-state index contributed by atoms with van der Waals surface area (Å²) < 4.78 is 23.8. The van der Waals surface area contributed by atoms with E-state index in [9.17, 15) is 8.42 Å². The van der Waals surface area contributed by atoms with E-state index in [-0.39, 0.29) is 16.9 Å². The third-order valence-corrected chi connectivity index (χ3v) is 5.74. The van der Waals surface area contributed by atoms with Gasteiger partial charge in [0.25, 0.3) is 0 Å². The molecule has 1 aromatic carbocycles. The number of rotatable bonds is 3. The highest BCUT2D eigenvalue weighted by atomic mass is 79.9. The first kappa shape index (κ1) is 12.1. The Morgan fingerprint density at radius 1 is 1.31 bits per heavy atom. The van der Waals surface area contributed by atoms with Crippen molar-refractivity contribution in [1.29, 1.82) is 0 Å². The summed E-state index contributed by atoms with van der Waals surface area (Å²) in [6.45, 7) is 0.511. The molecule has 0 bridgehead atoms. The summed E-state index contributed by atoms with van der Waals surface area (Å²) in [5, 5.41) is 0. The van der Waals surface area contributed by atoms with Crippen LogP contribution in [0.1, 0.15) is 12.0 Å². The van der Waals surface area contributed by atoms with E-state index >= 15 is 0 Å². The highest BCUT2D eigenvalue weighted by Gasteiger charge is 2.49. The molecule has 0 radical (unpaired) electrons. The lowest BCUT2D eigenvalue weighted by molar-refractivity contribution is 0.431. The van der Waals surface area contributed by atoms with Crippen molar-refractivity contribution >= 4 is 25.8 Å². The van der Waals surface area contributed by atoms with Crippen LogP contribution in [0.15, 0.2) is 28.7 Å². The van der Waals surface area contributed by atoms with Crippen LogP contribution in [-0.4, -0.2) is 26.5 Å². The third kappa shape index (κ3) is 2.04. The van der Waals surface area contributed by atoms with Crippen LogP contribution in [0.4, 0.5) is 0 Å². The third-order valence-electron chi connectivity index (χ3n) is 3.06. The average molecular weight is 304 g/mol. The predicted molar refractivity (Wildman–Crippen MR) is 68.1 cm³/mol. The van der Waals surface area contributed by atoms with Crippen LogP contribution in [0, 0.1) is 0 Å². The Morgan fingerprint density at radius 3 is 2.44 bits per heavy atom. The lowest BCUT2D eigenvalue weighted by Crippen LogP contribution is -2.53. The molecule has 1 fully saturated rings. The minimum Gasteiger partial charge on any atom is -0.330 e. The molecule has 1 aliphatic heterocycles. The lowest BCUT2D eigenvalue weighted by Gasteiger charge is -2.42. The maximum atomic E-state index is 11.4. The zero-order valence-electron chi connectivity index (χ0n) is 8.82. The van der Waals surface area contributed by atoms with Gasteiger partial charge in [0, 0.05) is 9.89 Å². The molecule has 0 spiro atoms. The monoisotopic (exact) mass is 303 g/mol. The first-order valence-electron chi connectivity index (χ1n) is 5.15. The van der Waals surface area contributed by atoms with E-state index in [0.29, 0.717) is 6.54 Å². The molecule has 0 saturated carbocycles. The van der Waals surface area contributed by atoms with Crippen molar-refractivity contribution in [2.45, 2.75) is 11.8 Å². The van der Waals surface area contributed by atoms with Crippen molar-refractivity contribution in [2.75, 3.05) is 18.1 Å². The summed E-state index contributed by atoms with van der Waals surface area (Å²) in [5.74, 6) is 0.444. The van der Waals surface area contributed by atoms with Crippen LogP contribution in [0.25, 0.3) is 0 Å². The molecule has 88 valence electrons. The fourth-order valence-electron chi connectivity index (χ4n) is 2.40. The smallest absolute Gasteiger partial charge is 0.152 e. The van der Waals surface area contributed by atoms with Gasteiger partial charge in [-0.2, -0.15) is 0 Å². The van der Waals surface area contributed by atoms with Gasteiger partial charge in [0.15, 0.2) is 9.84 Å². The fourth-order valence-corrected chi connectivity index (χ4v) is 5.31. The Morgan fingerprint density at radius 2 is 1.94 bits per heavy atom. The lowest BCUT2D eigenvalue weighted by atomic mass is 9.80. The number of hydrogen-bond acceptors (Lipinski definition) is 3. The predicted octanol–water partition coefficient (Wildman–Crippen LogP) is 1.46. The topological polar surface area (TPSA) is 60.2 Å². The molecule has 0 unspecified atom stereocenters. The quantitative estimate of drug-likeness (QED) is 0.920. The van der Waals surface area contributed by atoms with Crippen LogP contribution in [0.2, 0.25) is 0 Å². The first-order chi connectivity index (χ1) is 7.49. The number of benzene rings is 1. The minimum atomic E-state index is -2.85. The van der Waals surface area contributed by atoms with Crippen molar-refractivity contribution in [2.24, 2.45) is 5.73 Å². The summed E-state index contributed by atoms with van der Waals surface area (Å²) >= 11 is 3.48. The molecule has 2 N–H and O–H groups in total. The molecular weight excluding hydrogens is 290 g/mol. The van der Waals surface area contributed by atoms with Gasteiger partial charge in [0.2, 0.25) is 0 Å². The highest BCUT2D eigenvalue weighted by Crippen LogP contribution is 2.42. The number of nitrogens with two attached hydrogens (primary N) is 1. The van der Waals surface area contributed by atoms with Gasteiger partial charge in [-0.1, -0.05) is 34.1 Å². The zero-order chi connectivity index (χ0) is 11.8. The SMILES string of the molecule is NCCC1(c2ccccc2Br)CS(=O)(=O)C1. The number of halogens is 1. The van der Waals surface area contributed by atoms with Crippen LogP contribution in [0.5, 0.6) is 0 Å². The maximum absolute atomic E-state index is 11.4. The van der Waals surface area contributed by atoms with Gasteiger partial charge in [0.05, 0.1) is 11.5 Å². The summed E-state index contributed by atoms with van der Waals surface area (Å²) in [7, 11) is -2.85. The molecule has 0 atom stereocenters. The van der Waals surface area contributed by atoms with Crippen molar-refractivity contribution in [1.82, 2.24) is 0 Å². The van der Waals surface area contributed by atoms with Gasteiger partial charge < -0.3 is 5.73 Å². The van der Waals surface area contributed by atoms with Crippen LogP contribution in [-0.2, 0) is 15.3 Å². The molecule has 0 aliphatic carbocycles. The van der Waals surface area contributed by atoms with Crippen LogP contribution < -0.4 is 5.73 Å². The summed E-state index contributed by atoms with van der Waals surface area (Å²) in [6, 6.07) is 7.78. The Bertz CT molecular complexity index is 486. The molecule has 2 rings (SSSR count). The molecule has 0 aromatic heterocycles. The minimum absolute atomic E-state index is 0.222. The van der Waals surface area contributed by atoms with E-state index in [1.54, 1.807) is 0 Å². The van der Waals surface area contributed by atoms with Crippen molar-refractivity contribution in [3.8, 4) is 0 Å². The largest absolute Gasteiger partial charge is 0.330 e. The second-order valence-electron chi connectivity index (χ2n) is 4.33. The van der Waals surface area contributed by atoms with Crippen LogP contribution >= 0.6 is 15.9 Å². The van der Waals surface area contributed by atoms with E-state index in [2.05, 4.69) is 15.9 Å². The molecule has 1 aliphatic rings. The molecule has 1 heterocycles. The summed E-state index contributed by atoms with van der Waals surface area (Å²) in [5.41, 5.74) is 6.38. The van der Waals surface area contributed by atoms with Gasteiger partial charge in [-0.15, -0.1) is 0 Å². The summed E-state index contributed by atoms with van der Waals surface area (Å²) in [6.07, 6.45) is 0.717. The average Bonchev–Trinajstić information content (AvgIpc) is 2.15. The normalized spacial score (nSPS) is 21.4. The standard InChI is InChI=1S/C11H14BrNO2S/c12-10-4-2-1-3-9(10)11(5-6-13)7-16(14,15)8-11/h1-4H,5-8,13H2. The van der Waals surface area contributed by atoms with Crippen LogP contribution in [0.3, 0.4) is 0 Å². The molecule has 16 heavy (non-hydrogen) atoms. The van der Waals surface area contributed by atoms with Crippen molar-refractivity contribution in [3.05, 3.63) is 34.3 Å². The van der Waals surface area contributed by atoms with Gasteiger partial charge in [0.1, 0.15) is 0 Å². The Labute approximate surface area is 104 Å². The Balaban J connectivity index is 2.39. The van der Waals surface area contributed by atoms with E-state index < -0.39 is 9.84 Å². The highest BCUT2D eigenvalue weighted by molar-refractivity contribution is 9.10. The Kier molecular flexibility index (Phi) is 3.11. The maximum Gasteiger partial charge on any atom is 0.152 e. The second-order valence-corrected chi connectivity index (χ2v) is 7.25. The molecular formula is C11H14BrNO2S. The van der Waals surface area contributed by atoms with Gasteiger partial charge in [-0.25, -0.2) is 8.42 Å². The second kappa shape index (κ2) is 4.13. The first-order valence-corrected chi connectivity index (χ1v) is 7.76. The van der Waals surface area contributed by atoms with Gasteiger partial charge in [-0.3, -0.25) is 0 Å². The molecule has 0 amide bonds. The number of hydrogen-bond donors (Lipinski definition) is 1. The fraction of sp³-hybridized carbons (Fsp3) is 0.455. The van der Waals surface area contributed by atoms with Crippen molar-refractivity contribution < 1.29 is 8.42 Å². The molecule has 5 heteroatoms. The van der Waals surface area contributed by atoms with Gasteiger partial charge in [-0.05, 0) is 24.6 Å². The zero-order valence-corrected chi connectivity index (χ0v) is 11.2. The molecule has 1 aromatic rings. The molecule has 3 nitrogen and oxygen atoms in total. The number of sulfone groups is 1.